The Bertz CT molecular complexity index is 265. The SMILES string of the molecule is C[C@@H]1C2C[C@@]3(C)C(=O)OC1C3S2. The van der Waals surface area contributed by atoms with Gasteiger partial charge in [0.25, 0.3) is 0 Å². The van der Waals surface area contributed by atoms with Crippen molar-refractivity contribution in [3.8, 4) is 0 Å². The second kappa shape index (κ2) is 1.84. The van der Waals surface area contributed by atoms with Crippen LogP contribution in [0.3, 0.4) is 0 Å². The molecule has 0 aliphatic carbocycles. The Morgan fingerprint density at radius 1 is 1.67 bits per heavy atom. The molecule has 0 aromatic carbocycles. The minimum Gasteiger partial charge on any atom is -0.460 e. The fourth-order valence-electron chi connectivity index (χ4n) is 2.78. The number of hydrogen-bond donors (Lipinski definition) is 0. The molecule has 3 aliphatic rings. The normalized spacial score (nSPS) is 61.0. The molecular formula is C9H12O2S. The van der Waals surface area contributed by atoms with E-state index < -0.39 is 0 Å². The summed E-state index contributed by atoms with van der Waals surface area (Å²) in [6.07, 6.45) is 1.27. The van der Waals surface area contributed by atoms with Crippen LogP contribution in [-0.2, 0) is 9.53 Å². The van der Waals surface area contributed by atoms with Gasteiger partial charge in [0.15, 0.2) is 0 Å². The van der Waals surface area contributed by atoms with Gasteiger partial charge in [-0.05, 0) is 13.3 Å². The standard InChI is InChI=1S/C9H12O2S/c1-4-5-3-9(2)7(12-5)6(4)11-8(9)10/h4-7H,3H2,1-2H3/t4-,5?,6?,7?,9-/m1/s1. The lowest BCUT2D eigenvalue weighted by molar-refractivity contribution is -0.147. The van der Waals surface area contributed by atoms with Crippen LogP contribution < -0.4 is 0 Å². The van der Waals surface area contributed by atoms with Crippen LogP contribution in [0.5, 0.6) is 0 Å². The molecule has 0 radical (unpaired) electrons. The molecular weight excluding hydrogens is 172 g/mol. The molecule has 66 valence electrons. The van der Waals surface area contributed by atoms with Gasteiger partial charge in [-0.25, -0.2) is 0 Å². The second-order valence-electron chi connectivity index (χ2n) is 4.45. The maximum absolute atomic E-state index is 11.5. The fourth-order valence-corrected chi connectivity index (χ4v) is 4.96. The quantitative estimate of drug-likeness (QED) is 0.533. The first-order valence-corrected chi connectivity index (χ1v) is 5.44. The number of ether oxygens (including phenoxy) is 1. The van der Waals surface area contributed by atoms with Crippen molar-refractivity contribution in [3.05, 3.63) is 0 Å². The Morgan fingerprint density at radius 3 is 3.00 bits per heavy atom. The summed E-state index contributed by atoms with van der Waals surface area (Å²) in [4.78, 5) is 11.5. The third-order valence-electron chi connectivity index (χ3n) is 3.69. The van der Waals surface area contributed by atoms with E-state index in [2.05, 4.69) is 13.8 Å². The monoisotopic (exact) mass is 184 g/mol. The van der Waals surface area contributed by atoms with Crippen LogP contribution in [0.2, 0.25) is 0 Å². The van der Waals surface area contributed by atoms with Crippen molar-refractivity contribution >= 4 is 17.7 Å². The predicted molar refractivity (Wildman–Crippen MR) is 46.9 cm³/mol. The molecule has 0 aromatic heterocycles. The number of hydrogen-bond acceptors (Lipinski definition) is 3. The van der Waals surface area contributed by atoms with E-state index in [4.69, 9.17) is 4.74 Å². The molecule has 3 rings (SSSR count). The van der Waals surface area contributed by atoms with Crippen LogP contribution in [0.15, 0.2) is 0 Å². The van der Waals surface area contributed by atoms with Crippen molar-refractivity contribution < 1.29 is 9.53 Å². The summed E-state index contributed by atoms with van der Waals surface area (Å²) in [5, 5.41) is 1.14. The Labute approximate surface area is 76.0 Å². The summed E-state index contributed by atoms with van der Waals surface area (Å²) in [5.74, 6) is 0.636. The van der Waals surface area contributed by atoms with E-state index in [0.29, 0.717) is 16.4 Å². The third-order valence-corrected chi connectivity index (χ3v) is 5.71. The smallest absolute Gasteiger partial charge is 0.313 e. The van der Waals surface area contributed by atoms with E-state index in [9.17, 15) is 4.79 Å². The molecule has 0 amide bonds. The van der Waals surface area contributed by atoms with Crippen LogP contribution in [0.4, 0.5) is 0 Å². The molecule has 0 spiro atoms. The molecule has 3 aliphatic heterocycles. The molecule has 0 aromatic rings. The Balaban J connectivity index is 2.09. The van der Waals surface area contributed by atoms with Gasteiger partial charge in [-0.1, -0.05) is 6.92 Å². The lowest BCUT2D eigenvalue weighted by Gasteiger charge is -2.25. The second-order valence-corrected chi connectivity index (χ2v) is 5.83. The maximum Gasteiger partial charge on any atom is 0.313 e. The average molecular weight is 184 g/mol. The van der Waals surface area contributed by atoms with Gasteiger partial charge in [0.1, 0.15) is 6.10 Å². The van der Waals surface area contributed by atoms with Crippen molar-refractivity contribution in [1.29, 1.82) is 0 Å². The largest absolute Gasteiger partial charge is 0.460 e. The van der Waals surface area contributed by atoms with E-state index in [1.165, 1.54) is 0 Å². The maximum atomic E-state index is 11.5. The highest BCUT2D eigenvalue weighted by atomic mass is 32.2. The van der Waals surface area contributed by atoms with Crippen molar-refractivity contribution in [2.75, 3.05) is 0 Å². The Morgan fingerprint density at radius 2 is 2.42 bits per heavy atom. The molecule has 2 nitrogen and oxygen atoms in total. The zero-order chi connectivity index (χ0) is 8.51. The molecule has 3 saturated heterocycles. The summed E-state index contributed by atoms with van der Waals surface area (Å²) >= 11 is 1.98. The number of carbonyl (C=O) groups excluding carboxylic acids is 1. The van der Waals surface area contributed by atoms with Gasteiger partial charge in [0.2, 0.25) is 0 Å². The van der Waals surface area contributed by atoms with E-state index in [1.54, 1.807) is 0 Å². The van der Waals surface area contributed by atoms with Gasteiger partial charge >= 0.3 is 5.97 Å². The van der Waals surface area contributed by atoms with Crippen molar-refractivity contribution in [2.24, 2.45) is 11.3 Å². The third kappa shape index (κ3) is 0.563. The Kier molecular flexibility index (Phi) is 1.11. The van der Waals surface area contributed by atoms with E-state index in [-0.39, 0.29) is 17.5 Å². The fraction of sp³-hybridized carbons (Fsp3) is 0.889. The van der Waals surface area contributed by atoms with Crippen molar-refractivity contribution in [2.45, 2.75) is 36.9 Å². The van der Waals surface area contributed by atoms with Gasteiger partial charge < -0.3 is 4.74 Å². The van der Waals surface area contributed by atoms with Crippen LogP contribution in [0, 0.1) is 11.3 Å². The molecule has 3 unspecified atom stereocenters. The van der Waals surface area contributed by atoms with Gasteiger partial charge in [-0.15, -0.1) is 11.8 Å². The van der Waals surface area contributed by atoms with E-state index in [0.717, 1.165) is 6.42 Å². The van der Waals surface area contributed by atoms with Crippen LogP contribution >= 0.6 is 11.8 Å². The molecule has 3 heterocycles. The summed E-state index contributed by atoms with van der Waals surface area (Å²) in [5.41, 5.74) is -0.132. The molecule has 5 atom stereocenters. The first kappa shape index (κ1) is 7.25. The van der Waals surface area contributed by atoms with Gasteiger partial charge in [0, 0.05) is 11.2 Å². The minimum atomic E-state index is -0.132. The highest BCUT2D eigenvalue weighted by Crippen LogP contribution is 2.63. The van der Waals surface area contributed by atoms with Crippen LogP contribution in [-0.4, -0.2) is 22.6 Å². The first-order chi connectivity index (χ1) is 5.63. The van der Waals surface area contributed by atoms with Crippen molar-refractivity contribution in [3.63, 3.8) is 0 Å². The Hall–Kier alpha value is -0.180. The molecule has 3 heteroatoms. The highest BCUT2D eigenvalue weighted by molar-refractivity contribution is 8.01. The van der Waals surface area contributed by atoms with E-state index in [1.807, 2.05) is 11.8 Å². The molecule has 0 N–H and O–H groups in total. The number of thioether (sulfide) groups is 1. The predicted octanol–water partition coefficient (Wildman–Crippen LogP) is 1.44. The molecule has 2 bridgehead atoms. The van der Waals surface area contributed by atoms with Gasteiger partial charge in [0.05, 0.1) is 10.7 Å². The first-order valence-electron chi connectivity index (χ1n) is 4.49. The molecule has 0 saturated carbocycles. The van der Waals surface area contributed by atoms with Gasteiger partial charge in [-0.2, -0.15) is 0 Å². The molecule has 12 heavy (non-hydrogen) atoms. The van der Waals surface area contributed by atoms with E-state index >= 15 is 0 Å². The minimum absolute atomic E-state index is 0.0526. The summed E-state index contributed by atoms with van der Waals surface area (Å²) in [6.45, 7) is 4.28. The van der Waals surface area contributed by atoms with Gasteiger partial charge in [-0.3, -0.25) is 4.79 Å². The summed E-state index contributed by atoms with van der Waals surface area (Å²) in [7, 11) is 0. The number of rotatable bonds is 0. The zero-order valence-electron chi connectivity index (χ0n) is 7.24. The summed E-state index contributed by atoms with van der Waals surface area (Å²) in [6, 6.07) is 0. The topological polar surface area (TPSA) is 26.3 Å². The summed E-state index contributed by atoms with van der Waals surface area (Å²) < 4.78 is 5.39. The highest BCUT2D eigenvalue weighted by Gasteiger charge is 2.67. The number of fused-ring (bicyclic) bond motifs is 1. The lowest BCUT2D eigenvalue weighted by Crippen LogP contribution is -2.36. The number of carbonyl (C=O) groups is 1. The zero-order valence-corrected chi connectivity index (χ0v) is 8.06. The molecule has 3 fully saturated rings. The van der Waals surface area contributed by atoms with Crippen molar-refractivity contribution in [1.82, 2.24) is 0 Å². The number of esters is 1. The van der Waals surface area contributed by atoms with Crippen LogP contribution in [0.25, 0.3) is 0 Å². The average Bonchev–Trinajstić information content (AvgIpc) is 2.53. The van der Waals surface area contributed by atoms with Crippen LogP contribution in [0.1, 0.15) is 20.3 Å². The lowest BCUT2D eigenvalue weighted by atomic mass is 9.73.